The molecule has 0 fully saturated rings. The van der Waals surface area contributed by atoms with Crippen molar-refractivity contribution in [2.75, 3.05) is 34.0 Å². The average Bonchev–Trinajstić information content (AvgIpc) is 2.98. The second kappa shape index (κ2) is 8.23. The molecule has 4 rings (SSSR count). The van der Waals surface area contributed by atoms with Crippen molar-refractivity contribution >= 4 is 5.91 Å². The third-order valence-electron chi connectivity index (χ3n) is 5.71. The third-order valence-corrected chi connectivity index (χ3v) is 5.71. The molecule has 2 heterocycles. The van der Waals surface area contributed by atoms with Crippen LogP contribution in [0.4, 0.5) is 0 Å². The predicted octanol–water partition coefficient (Wildman–Crippen LogP) is 3.55. The summed E-state index contributed by atoms with van der Waals surface area (Å²) < 4.78 is 22.4. The number of amides is 1. The van der Waals surface area contributed by atoms with Gasteiger partial charge in [0.05, 0.1) is 39.9 Å². The molecule has 1 atom stereocenters. The lowest BCUT2D eigenvalue weighted by atomic mass is 9.92. The number of hydrogen-bond donors (Lipinski definition) is 0. The van der Waals surface area contributed by atoms with Crippen LogP contribution >= 0.6 is 0 Å². The zero-order chi connectivity index (χ0) is 20.4. The Labute approximate surface area is 171 Å². The fraction of sp³-hybridized carbons (Fsp3) is 0.435. The Bertz CT molecular complexity index is 910. The van der Waals surface area contributed by atoms with Gasteiger partial charge in [-0.25, -0.2) is 0 Å². The minimum atomic E-state index is -0.0207. The summed E-state index contributed by atoms with van der Waals surface area (Å²) in [6.45, 7) is 4.09. The standard InChI is InChI=1S/C23H27NO5/c1-15-19-14-22-21(28-9-4-10-29-22)11-16(19)7-8-24(15)23(25)12-17-5-6-18(26-2)13-20(17)27-3/h5-6,11,13-15H,4,7-10,12H2,1-3H3/t15-/m1/s1. The summed E-state index contributed by atoms with van der Waals surface area (Å²) in [5, 5.41) is 0. The molecule has 2 aromatic carbocycles. The highest BCUT2D eigenvalue weighted by Crippen LogP contribution is 2.39. The van der Waals surface area contributed by atoms with E-state index in [9.17, 15) is 4.79 Å². The fourth-order valence-electron chi connectivity index (χ4n) is 4.08. The highest BCUT2D eigenvalue weighted by Gasteiger charge is 2.30. The van der Waals surface area contributed by atoms with Crippen LogP contribution in [0.2, 0.25) is 0 Å². The van der Waals surface area contributed by atoms with E-state index >= 15 is 0 Å². The van der Waals surface area contributed by atoms with Crippen molar-refractivity contribution in [3.63, 3.8) is 0 Å². The van der Waals surface area contributed by atoms with E-state index in [-0.39, 0.29) is 18.4 Å². The van der Waals surface area contributed by atoms with Gasteiger partial charge in [-0.15, -0.1) is 0 Å². The van der Waals surface area contributed by atoms with Crippen LogP contribution in [0, 0.1) is 0 Å². The Morgan fingerprint density at radius 3 is 2.59 bits per heavy atom. The minimum absolute atomic E-state index is 0.0207. The van der Waals surface area contributed by atoms with E-state index < -0.39 is 0 Å². The maximum atomic E-state index is 13.1. The summed E-state index contributed by atoms with van der Waals surface area (Å²) in [5.74, 6) is 3.05. The first-order valence-corrected chi connectivity index (χ1v) is 10.0. The van der Waals surface area contributed by atoms with Crippen molar-refractivity contribution in [3.8, 4) is 23.0 Å². The van der Waals surface area contributed by atoms with Gasteiger partial charge in [0.1, 0.15) is 11.5 Å². The molecule has 2 aliphatic heterocycles. The van der Waals surface area contributed by atoms with Gasteiger partial charge in [0.2, 0.25) is 5.91 Å². The van der Waals surface area contributed by atoms with E-state index in [1.54, 1.807) is 14.2 Å². The van der Waals surface area contributed by atoms with E-state index in [4.69, 9.17) is 18.9 Å². The number of benzene rings is 2. The predicted molar refractivity (Wildman–Crippen MR) is 109 cm³/mol. The summed E-state index contributed by atoms with van der Waals surface area (Å²) in [7, 11) is 3.22. The molecule has 1 amide bonds. The molecule has 0 bridgehead atoms. The van der Waals surface area contributed by atoms with E-state index in [0.717, 1.165) is 35.5 Å². The van der Waals surface area contributed by atoms with E-state index in [1.165, 1.54) is 5.56 Å². The van der Waals surface area contributed by atoms with E-state index in [0.29, 0.717) is 31.3 Å². The highest BCUT2D eigenvalue weighted by molar-refractivity contribution is 5.80. The van der Waals surface area contributed by atoms with Crippen LogP contribution in [0.15, 0.2) is 30.3 Å². The normalized spacial score (nSPS) is 17.9. The van der Waals surface area contributed by atoms with E-state index in [1.807, 2.05) is 29.2 Å². The van der Waals surface area contributed by atoms with Crippen molar-refractivity contribution in [2.45, 2.75) is 32.2 Å². The van der Waals surface area contributed by atoms with Gasteiger partial charge < -0.3 is 23.8 Å². The number of fused-ring (bicyclic) bond motifs is 2. The molecule has 2 aliphatic rings. The van der Waals surface area contributed by atoms with Gasteiger partial charge in [-0.05, 0) is 42.7 Å². The average molecular weight is 397 g/mol. The summed E-state index contributed by atoms with van der Waals surface area (Å²) in [5.41, 5.74) is 3.22. The summed E-state index contributed by atoms with van der Waals surface area (Å²) in [6, 6.07) is 9.67. The number of methoxy groups -OCH3 is 2. The largest absolute Gasteiger partial charge is 0.497 e. The Hall–Kier alpha value is -2.89. The Morgan fingerprint density at radius 2 is 1.86 bits per heavy atom. The van der Waals surface area contributed by atoms with Crippen LogP contribution in [-0.4, -0.2) is 44.8 Å². The molecule has 154 valence electrons. The van der Waals surface area contributed by atoms with Crippen molar-refractivity contribution < 1.29 is 23.7 Å². The van der Waals surface area contributed by atoms with Gasteiger partial charge in [0.25, 0.3) is 0 Å². The van der Waals surface area contributed by atoms with Crippen LogP contribution in [0.25, 0.3) is 0 Å². The number of rotatable bonds is 4. The van der Waals surface area contributed by atoms with Gasteiger partial charge in [-0.2, -0.15) is 0 Å². The smallest absolute Gasteiger partial charge is 0.227 e. The summed E-state index contributed by atoms with van der Waals surface area (Å²) in [6.07, 6.45) is 1.97. The molecule has 6 heteroatoms. The second-order valence-electron chi connectivity index (χ2n) is 7.42. The molecule has 0 saturated carbocycles. The first kappa shape index (κ1) is 19.4. The first-order valence-electron chi connectivity index (χ1n) is 10.0. The van der Waals surface area contributed by atoms with Gasteiger partial charge in [-0.3, -0.25) is 4.79 Å². The molecule has 29 heavy (non-hydrogen) atoms. The molecule has 0 radical (unpaired) electrons. The lowest BCUT2D eigenvalue weighted by Gasteiger charge is -2.36. The van der Waals surface area contributed by atoms with Crippen molar-refractivity contribution in [2.24, 2.45) is 0 Å². The van der Waals surface area contributed by atoms with Crippen LogP contribution in [-0.2, 0) is 17.6 Å². The molecular formula is C23H27NO5. The van der Waals surface area contributed by atoms with Crippen molar-refractivity contribution in [3.05, 3.63) is 47.0 Å². The lowest BCUT2D eigenvalue weighted by molar-refractivity contribution is -0.133. The van der Waals surface area contributed by atoms with Crippen LogP contribution in [0.5, 0.6) is 23.0 Å². The Morgan fingerprint density at radius 1 is 1.10 bits per heavy atom. The lowest BCUT2D eigenvalue weighted by Crippen LogP contribution is -2.39. The van der Waals surface area contributed by atoms with Crippen LogP contribution in [0.3, 0.4) is 0 Å². The number of carbonyl (C=O) groups excluding carboxylic acids is 1. The summed E-state index contributed by atoms with van der Waals surface area (Å²) in [4.78, 5) is 15.1. The van der Waals surface area contributed by atoms with Gasteiger partial charge in [0.15, 0.2) is 11.5 Å². The topological polar surface area (TPSA) is 57.2 Å². The SMILES string of the molecule is COc1ccc(CC(=O)N2CCc3cc4c(cc3[C@H]2C)OCCCO4)c(OC)c1. The van der Waals surface area contributed by atoms with Gasteiger partial charge in [0, 0.05) is 24.6 Å². The van der Waals surface area contributed by atoms with Crippen LogP contribution in [0.1, 0.15) is 36.1 Å². The first-order chi connectivity index (χ1) is 14.1. The van der Waals surface area contributed by atoms with Crippen molar-refractivity contribution in [1.82, 2.24) is 4.90 Å². The minimum Gasteiger partial charge on any atom is -0.497 e. The third kappa shape index (κ3) is 3.84. The fourth-order valence-corrected chi connectivity index (χ4v) is 4.08. The van der Waals surface area contributed by atoms with Crippen molar-refractivity contribution in [1.29, 1.82) is 0 Å². The van der Waals surface area contributed by atoms with Gasteiger partial charge in [-0.1, -0.05) is 6.07 Å². The van der Waals surface area contributed by atoms with Crippen LogP contribution < -0.4 is 18.9 Å². The maximum absolute atomic E-state index is 13.1. The molecule has 0 saturated heterocycles. The number of hydrogen-bond acceptors (Lipinski definition) is 5. The van der Waals surface area contributed by atoms with E-state index in [2.05, 4.69) is 13.0 Å². The Kier molecular flexibility index (Phi) is 5.51. The maximum Gasteiger partial charge on any atom is 0.227 e. The Balaban J connectivity index is 1.55. The number of ether oxygens (including phenoxy) is 4. The molecule has 0 spiro atoms. The number of carbonyl (C=O) groups is 1. The number of nitrogens with zero attached hydrogens (tertiary/aromatic N) is 1. The molecule has 0 aromatic heterocycles. The molecule has 2 aromatic rings. The second-order valence-corrected chi connectivity index (χ2v) is 7.42. The zero-order valence-corrected chi connectivity index (χ0v) is 17.2. The highest BCUT2D eigenvalue weighted by atomic mass is 16.5. The molecule has 0 N–H and O–H groups in total. The quantitative estimate of drug-likeness (QED) is 0.790. The summed E-state index contributed by atoms with van der Waals surface area (Å²) >= 11 is 0. The zero-order valence-electron chi connectivity index (χ0n) is 17.2. The molecule has 0 unspecified atom stereocenters. The molecular weight excluding hydrogens is 370 g/mol. The molecule has 0 aliphatic carbocycles. The van der Waals surface area contributed by atoms with Gasteiger partial charge >= 0.3 is 0 Å². The molecule has 6 nitrogen and oxygen atoms in total. The monoisotopic (exact) mass is 397 g/mol.